The van der Waals surface area contributed by atoms with E-state index in [4.69, 9.17) is 9.47 Å². The lowest BCUT2D eigenvalue weighted by molar-refractivity contribution is 0.0784. The molecule has 0 radical (unpaired) electrons. The van der Waals surface area contributed by atoms with Gasteiger partial charge in [-0.1, -0.05) is 25.5 Å². The highest BCUT2D eigenvalue weighted by Gasteiger charge is 2.33. The summed E-state index contributed by atoms with van der Waals surface area (Å²) in [5, 5.41) is 10.8. The van der Waals surface area contributed by atoms with Gasteiger partial charge < -0.3 is 19.5 Å². The highest BCUT2D eigenvalue weighted by atomic mass is 16.5. The van der Waals surface area contributed by atoms with Gasteiger partial charge in [0.2, 0.25) is 5.88 Å². The number of hydrogen-bond donors (Lipinski definition) is 1. The predicted molar refractivity (Wildman–Crippen MR) is 131 cm³/mol. The van der Waals surface area contributed by atoms with Crippen LogP contribution < -0.4 is 15.0 Å². The van der Waals surface area contributed by atoms with Crippen molar-refractivity contribution in [3.63, 3.8) is 0 Å². The number of pyridine rings is 1. The molecule has 1 aliphatic rings. The van der Waals surface area contributed by atoms with Crippen molar-refractivity contribution in [3.8, 4) is 23.1 Å². The van der Waals surface area contributed by atoms with Crippen molar-refractivity contribution in [1.29, 1.82) is 0 Å². The lowest BCUT2D eigenvalue weighted by Gasteiger charge is -2.21. The van der Waals surface area contributed by atoms with Gasteiger partial charge in [-0.2, -0.15) is 4.98 Å². The minimum absolute atomic E-state index is 0.114. The van der Waals surface area contributed by atoms with Crippen molar-refractivity contribution >= 4 is 5.91 Å². The molecular weight excluding hydrogens is 448 g/mol. The van der Waals surface area contributed by atoms with E-state index in [9.17, 15) is 14.7 Å². The van der Waals surface area contributed by atoms with Crippen LogP contribution in [0.15, 0.2) is 47.5 Å². The molecule has 0 spiro atoms. The summed E-state index contributed by atoms with van der Waals surface area (Å²) in [4.78, 5) is 37.4. The van der Waals surface area contributed by atoms with Crippen molar-refractivity contribution in [2.75, 3.05) is 27.3 Å². The lowest BCUT2D eigenvalue weighted by atomic mass is 10.0. The van der Waals surface area contributed by atoms with Gasteiger partial charge in [-0.25, -0.2) is 0 Å². The Morgan fingerprint density at radius 3 is 2.54 bits per heavy atom. The van der Waals surface area contributed by atoms with Gasteiger partial charge in [-0.15, -0.1) is 0 Å². The first-order valence-electron chi connectivity index (χ1n) is 11.8. The number of aromatic nitrogens is 3. The van der Waals surface area contributed by atoms with Crippen molar-refractivity contribution in [3.05, 3.63) is 70.0 Å². The van der Waals surface area contributed by atoms with E-state index in [1.165, 1.54) is 18.8 Å². The van der Waals surface area contributed by atoms with Crippen molar-refractivity contribution < 1.29 is 19.4 Å². The Hall–Kier alpha value is -3.88. The van der Waals surface area contributed by atoms with Crippen LogP contribution in [0.2, 0.25) is 0 Å². The first-order valence-corrected chi connectivity index (χ1v) is 11.8. The molecule has 1 fully saturated rings. The van der Waals surface area contributed by atoms with Crippen molar-refractivity contribution in [1.82, 2.24) is 19.4 Å². The number of rotatable bonds is 8. The number of hydrogen-bond acceptors (Lipinski definition) is 7. The fourth-order valence-corrected chi connectivity index (χ4v) is 4.52. The number of likely N-dealkylation sites (tertiary alicyclic amines) is 1. The Bertz CT molecular complexity index is 1240. The summed E-state index contributed by atoms with van der Waals surface area (Å²) in [6.07, 6.45) is 6.29. The van der Waals surface area contributed by atoms with Crippen LogP contribution in [0.3, 0.4) is 0 Å². The van der Waals surface area contributed by atoms with E-state index in [0.717, 1.165) is 24.8 Å². The molecule has 1 amide bonds. The van der Waals surface area contributed by atoms with E-state index in [-0.39, 0.29) is 11.5 Å². The fourth-order valence-electron chi connectivity index (χ4n) is 4.52. The van der Waals surface area contributed by atoms with E-state index in [1.807, 2.05) is 19.1 Å². The molecule has 1 unspecified atom stereocenters. The van der Waals surface area contributed by atoms with Gasteiger partial charge in [0.05, 0.1) is 14.2 Å². The van der Waals surface area contributed by atoms with Gasteiger partial charge in [0.1, 0.15) is 23.0 Å². The number of ether oxygens (including phenoxy) is 2. The van der Waals surface area contributed by atoms with Crippen LogP contribution in [-0.4, -0.2) is 57.8 Å². The third kappa shape index (κ3) is 4.71. The number of methoxy groups -OCH3 is 2. The standard InChI is InChI=1S/C26H30N4O5/c1-4-5-11-21-28-24(31)22(25(32)29-14-12-18(16-29)17-8-7-13-27-15-17)26(33)30(21)23-19(34-2)9-6-10-20(23)35-3/h6-10,13,15,18,31H,4-5,11-12,14,16H2,1-3H3. The Morgan fingerprint density at radius 1 is 1.17 bits per heavy atom. The third-order valence-electron chi connectivity index (χ3n) is 6.36. The average molecular weight is 479 g/mol. The number of aromatic hydroxyl groups is 1. The molecule has 9 heteroatoms. The van der Waals surface area contributed by atoms with Crippen LogP contribution in [0.1, 0.15) is 53.8 Å². The highest BCUT2D eigenvalue weighted by molar-refractivity contribution is 5.96. The molecule has 1 aromatic carbocycles. The number of para-hydroxylation sites is 1. The molecule has 4 rings (SSSR count). The maximum absolute atomic E-state index is 13.9. The zero-order valence-electron chi connectivity index (χ0n) is 20.2. The zero-order chi connectivity index (χ0) is 24.9. The van der Waals surface area contributed by atoms with Crippen LogP contribution in [0.5, 0.6) is 17.4 Å². The lowest BCUT2D eigenvalue weighted by Crippen LogP contribution is -2.37. The van der Waals surface area contributed by atoms with E-state index in [2.05, 4.69) is 9.97 Å². The fraction of sp³-hybridized carbons (Fsp3) is 0.385. The number of carbonyl (C=O) groups is 1. The first-order chi connectivity index (χ1) is 17.0. The van der Waals surface area contributed by atoms with E-state index >= 15 is 0 Å². The third-order valence-corrected chi connectivity index (χ3v) is 6.36. The highest BCUT2D eigenvalue weighted by Crippen LogP contribution is 2.34. The molecule has 1 N–H and O–H groups in total. The Balaban J connectivity index is 1.80. The van der Waals surface area contributed by atoms with Gasteiger partial charge >= 0.3 is 0 Å². The minimum Gasteiger partial charge on any atom is -0.494 e. The normalized spacial score (nSPS) is 15.3. The molecule has 1 saturated heterocycles. The Kier molecular flexibility index (Phi) is 7.33. The molecule has 35 heavy (non-hydrogen) atoms. The van der Waals surface area contributed by atoms with Gasteiger partial charge in [0.15, 0.2) is 5.56 Å². The molecule has 0 saturated carbocycles. The van der Waals surface area contributed by atoms with E-state index in [0.29, 0.717) is 42.5 Å². The molecule has 9 nitrogen and oxygen atoms in total. The monoisotopic (exact) mass is 478 g/mol. The second-order valence-corrected chi connectivity index (χ2v) is 8.51. The molecule has 0 aliphatic carbocycles. The molecule has 1 aliphatic heterocycles. The summed E-state index contributed by atoms with van der Waals surface area (Å²) in [7, 11) is 3.00. The SMILES string of the molecule is CCCCc1nc(O)c(C(=O)N2CCC(c3cccnc3)C2)c(=O)n1-c1c(OC)cccc1OC. The van der Waals surface area contributed by atoms with E-state index < -0.39 is 17.3 Å². The van der Waals surface area contributed by atoms with Crippen LogP contribution in [0.4, 0.5) is 0 Å². The number of nitrogens with zero attached hydrogens (tertiary/aromatic N) is 4. The van der Waals surface area contributed by atoms with Crippen LogP contribution in [-0.2, 0) is 6.42 Å². The maximum atomic E-state index is 13.9. The largest absolute Gasteiger partial charge is 0.494 e. The molecule has 184 valence electrons. The molecule has 3 aromatic rings. The smallest absolute Gasteiger partial charge is 0.275 e. The molecule has 1 atom stereocenters. The predicted octanol–water partition coefficient (Wildman–Crippen LogP) is 3.32. The summed E-state index contributed by atoms with van der Waals surface area (Å²) in [6, 6.07) is 9.01. The molecular formula is C26H30N4O5. The Labute approximate surface area is 204 Å². The van der Waals surface area contributed by atoms with Crippen molar-refractivity contribution in [2.45, 2.75) is 38.5 Å². The number of benzene rings is 1. The van der Waals surface area contributed by atoms with Gasteiger partial charge in [0.25, 0.3) is 11.5 Å². The summed E-state index contributed by atoms with van der Waals surface area (Å²) in [5.41, 5.74) is 0.382. The van der Waals surface area contributed by atoms with Crippen LogP contribution in [0, 0.1) is 0 Å². The summed E-state index contributed by atoms with van der Waals surface area (Å²) >= 11 is 0. The topological polar surface area (TPSA) is 107 Å². The van der Waals surface area contributed by atoms with Gasteiger partial charge in [0, 0.05) is 37.8 Å². The maximum Gasteiger partial charge on any atom is 0.275 e. The number of carbonyl (C=O) groups excluding carboxylic acids is 1. The summed E-state index contributed by atoms with van der Waals surface area (Å²) in [6.45, 7) is 2.92. The Morgan fingerprint density at radius 2 is 1.91 bits per heavy atom. The van der Waals surface area contributed by atoms with Crippen molar-refractivity contribution in [2.24, 2.45) is 0 Å². The molecule has 0 bridgehead atoms. The van der Waals surface area contributed by atoms with Crippen LogP contribution in [0.25, 0.3) is 5.69 Å². The summed E-state index contributed by atoms with van der Waals surface area (Å²) < 4.78 is 12.4. The summed E-state index contributed by atoms with van der Waals surface area (Å²) in [5.74, 6) is 0.143. The minimum atomic E-state index is -0.652. The number of unbranched alkanes of at least 4 members (excludes halogenated alkanes) is 1. The molecule has 2 aromatic heterocycles. The quantitative estimate of drug-likeness (QED) is 0.529. The second kappa shape index (κ2) is 10.6. The van der Waals surface area contributed by atoms with Crippen LogP contribution >= 0.6 is 0 Å². The second-order valence-electron chi connectivity index (χ2n) is 8.51. The van der Waals surface area contributed by atoms with E-state index in [1.54, 1.807) is 35.5 Å². The number of aryl methyl sites for hydroxylation is 1. The van der Waals surface area contributed by atoms with Gasteiger partial charge in [-0.05, 0) is 36.6 Å². The first kappa shape index (κ1) is 24.3. The zero-order valence-corrected chi connectivity index (χ0v) is 20.2. The van der Waals surface area contributed by atoms with Gasteiger partial charge in [-0.3, -0.25) is 19.1 Å². The molecule has 3 heterocycles. The number of amides is 1. The average Bonchev–Trinajstić information content (AvgIpc) is 3.38.